The Morgan fingerprint density at radius 3 is 2.71 bits per heavy atom. The molecule has 4 rings (SSSR count). The summed E-state index contributed by atoms with van der Waals surface area (Å²) in [5.41, 5.74) is 6.43. The van der Waals surface area contributed by atoms with Crippen LogP contribution in [0.1, 0.15) is 6.42 Å². The molecule has 1 aromatic carbocycles. The average Bonchev–Trinajstić information content (AvgIpc) is 3.24. The Bertz CT molecular complexity index is 1420. The van der Waals surface area contributed by atoms with Gasteiger partial charge < -0.3 is 16.2 Å². The molecule has 184 valence electrons. The number of halogens is 2. The highest BCUT2D eigenvalue weighted by molar-refractivity contribution is 7.93. The first-order valence-electron chi connectivity index (χ1n) is 10.5. The molecule has 1 atom stereocenters. The van der Waals surface area contributed by atoms with Crippen molar-refractivity contribution in [1.29, 1.82) is 0 Å². The molecule has 0 saturated heterocycles. The van der Waals surface area contributed by atoms with Gasteiger partial charge in [0.15, 0.2) is 5.82 Å². The molecule has 1 aliphatic carbocycles. The van der Waals surface area contributed by atoms with Crippen molar-refractivity contribution in [3.8, 4) is 5.82 Å². The SMILES string of the molecule is NCCNc1cnc(-n2ccc3cc(N(CC(=O)O)S(=O)(=O)C4C=C(Cl)C=C(Cl)C4)ccc32)cn1. The van der Waals surface area contributed by atoms with E-state index in [0.717, 1.165) is 9.82 Å². The van der Waals surface area contributed by atoms with E-state index in [2.05, 4.69) is 15.3 Å². The zero-order valence-electron chi connectivity index (χ0n) is 18.3. The summed E-state index contributed by atoms with van der Waals surface area (Å²) in [6.07, 6.45) is 7.80. The zero-order valence-corrected chi connectivity index (χ0v) is 20.6. The second kappa shape index (κ2) is 10.2. The fourth-order valence-electron chi connectivity index (χ4n) is 3.71. The quantitative estimate of drug-likeness (QED) is 0.378. The molecule has 0 bridgehead atoms. The normalized spacial score (nSPS) is 16.0. The number of carboxylic acid groups (broad SMARTS) is 1. The van der Waals surface area contributed by atoms with Crippen LogP contribution >= 0.6 is 23.2 Å². The summed E-state index contributed by atoms with van der Waals surface area (Å²) in [7, 11) is -4.14. The van der Waals surface area contributed by atoms with Crippen LogP contribution in [0, 0.1) is 0 Å². The van der Waals surface area contributed by atoms with Crippen molar-refractivity contribution >= 4 is 61.6 Å². The van der Waals surface area contributed by atoms with E-state index in [1.807, 2.05) is 0 Å². The van der Waals surface area contributed by atoms with Gasteiger partial charge in [-0.2, -0.15) is 0 Å². The van der Waals surface area contributed by atoms with Crippen LogP contribution in [-0.2, 0) is 14.8 Å². The van der Waals surface area contributed by atoms with E-state index >= 15 is 0 Å². The van der Waals surface area contributed by atoms with E-state index in [4.69, 9.17) is 28.9 Å². The highest BCUT2D eigenvalue weighted by atomic mass is 35.5. The fraction of sp³-hybridized carbons (Fsp3) is 0.227. The lowest BCUT2D eigenvalue weighted by Crippen LogP contribution is -2.41. The minimum Gasteiger partial charge on any atom is -0.480 e. The minimum atomic E-state index is -4.14. The zero-order chi connectivity index (χ0) is 25.2. The Kier molecular flexibility index (Phi) is 7.31. The van der Waals surface area contributed by atoms with E-state index in [0.29, 0.717) is 30.1 Å². The summed E-state index contributed by atoms with van der Waals surface area (Å²) in [4.78, 5) is 20.3. The molecule has 10 nitrogen and oxygen atoms in total. The lowest BCUT2D eigenvalue weighted by molar-refractivity contribution is -0.135. The van der Waals surface area contributed by atoms with Crippen LogP contribution in [0.4, 0.5) is 11.5 Å². The number of nitrogens with one attached hydrogen (secondary N) is 1. The Labute approximate surface area is 211 Å². The molecule has 1 aliphatic rings. The van der Waals surface area contributed by atoms with Crippen LogP contribution in [-0.4, -0.2) is 58.9 Å². The van der Waals surface area contributed by atoms with Gasteiger partial charge in [-0.15, -0.1) is 0 Å². The van der Waals surface area contributed by atoms with Gasteiger partial charge in [0.25, 0.3) is 0 Å². The number of hydrogen-bond acceptors (Lipinski definition) is 7. The van der Waals surface area contributed by atoms with E-state index in [-0.39, 0.29) is 22.2 Å². The van der Waals surface area contributed by atoms with Gasteiger partial charge in [-0.3, -0.25) is 13.7 Å². The number of benzene rings is 1. The van der Waals surface area contributed by atoms with Crippen LogP contribution in [0.2, 0.25) is 0 Å². The first kappa shape index (κ1) is 25.0. The van der Waals surface area contributed by atoms with Crippen molar-refractivity contribution in [2.45, 2.75) is 11.7 Å². The molecule has 4 N–H and O–H groups in total. The monoisotopic (exact) mass is 536 g/mol. The van der Waals surface area contributed by atoms with Gasteiger partial charge in [-0.05, 0) is 36.4 Å². The number of aliphatic carboxylic acids is 1. The Morgan fingerprint density at radius 1 is 1.26 bits per heavy atom. The molecule has 1 unspecified atom stereocenters. The number of nitrogens with two attached hydrogens (primary N) is 1. The maximum atomic E-state index is 13.4. The largest absolute Gasteiger partial charge is 0.480 e. The number of anilines is 2. The molecule has 0 amide bonds. The van der Waals surface area contributed by atoms with Crippen LogP contribution in [0.15, 0.2) is 65.1 Å². The average molecular weight is 537 g/mol. The van der Waals surface area contributed by atoms with Gasteiger partial charge in [0.05, 0.1) is 23.6 Å². The molecular formula is C22H22Cl2N6O4S. The molecule has 2 heterocycles. The maximum absolute atomic E-state index is 13.4. The summed E-state index contributed by atoms with van der Waals surface area (Å²) >= 11 is 12.1. The molecular weight excluding hydrogens is 515 g/mol. The van der Waals surface area contributed by atoms with Crippen molar-refractivity contribution in [3.05, 3.63) is 65.1 Å². The molecule has 3 aromatic rings. The Morgan fingerprint density at radius 2 is 2.06 bits per heavy atom. The van der Waals surface area contributed by atoms with Gasteiger partial charge in [-0.25, -0.2) is 18.4 Å². The number of carbonyl (C=O) groups is 1. The predicted octanol–water partition coefficient (Wildman–Crippen LogP) is 3.03. The van der Waals surface area contributed by atoms with E-state index in [9.17, 15) is 18.3 Å². The minimum absolute atomic E-state index is 0.00362. The van der Waals surface area contributed by atoms with Gasteiger partial charge >= 0.3 is 5.97 Å². The maximum Gasteiger partial charge on any atom is 0.324 e. The summed E-state index contributed by atoms with van der Waals surface area (Å²) in [6.45, 7) is 0.293. The smallest absolute Gasteiger partial charge is 0.324 e. The second-order valence-corrected chi connectivity index (χ2v) is 10.7. The van der Waals surface area contributed by atoms with Crippen LogP contribution in [0.5, 0.6) is 0 Å². The van der Waals surface area contributed by atoms with Gasteiger partial charge in [-0.1, -0.05) is 23.2 Å². The fourth-order valence-corrected chi connectivity index (χ4v) is 6.24. The Balaban J connectivity index is 1.68. The van der Waals surface area contributed by atoms with Gasteiger partial charge in [0.1, 0.15) is 17.6 Å². The highest BCUT2D eigenvalue weighted by Crippen LogP contribution is 2.32. The topological polar surface area (TPSA) is 143 Å². The summed E-state index contributed by atoms with van der Waals surface area (Å²) in [6, 6.07) is 6.65. The summed E-state index contributed by atoms with van der Waals surface area (Å²) in [5, 5.41) is 12.5. The number of carboxylic acids is 1. The molecule has 0 fully saturated rings. The number of aromatic nitrogens is 3. The lowest BCUT2D eigenvalue weighted by Gasteiger charge is -2.28. The van der Waals surface area contributed by atoms with E-state index in [1.54, 1.807) is 47.4 Å². The lowest BCUT2D eigenvalue weighted by atomic mass is 10.2. The second-order valence-electron chi connectivity index (χ2n) is 7.73. The third-order valence-electron chi connectivity index (χ3n) is 5.30. The highest BCUT2D eigenvalue weighted by Gasteiger charge is 2.34. The van der Waals surface area contributed by atoms with Crippen LogP contribution in [0.3, 0.4) is 0 Å². The van der Waals surface area contributed by atoms with Crippen molar-refractivity contribution in [3.63, 3.8) is 0 Å². The third kappa shape index (κ3) is 5.43. The molecule has 0 saturated carbocycles. The number of hydrogen-bond donors (Lipinski definition) is 3. The molecule has 13 heteroatoms. The number of fused-ring (bicyclic) bond motifs is 1. The molecule has 0 radical (unpaired) electrons. The van der Waals surface area contributed by atoms with Crippen LogP contribution in [0.25, 0.3) is 16.7 Å². The molecule has 0 aliphatic heterocycles. The number of rotatable bonds is 9. The van der Waals surface area contributed by atoms with Crippen molar-refractivity contribution in [2.75, 3.05) is 29.3 Å². The van der Waals surface area contributed by atoms with Gasteiger partial charge in [0.2, 0.25) is 10.0 Å². The summed E-state index contributed by atoms with van der Waals surface area (Å²) in [5.74, 6) is -0.138. The molecule has 35 heavy (non-hydrogen) atoms. The number of nitrogens with zero attached hydrogens (tertiary/aromatic N) is 4. The van der Waals surface area contributed by atoms with Crippen LogP contribution < -0.4 is 15.4 Å². The standard InChI is InChI=1S/C22H22Cl2N6O4S/c23-15-8-16(24)10-18(9-15)35(33,34)30(13-22(31)32)17-1-2-19-14(7-17)3-6-29(19)21-12-27-20(11-28-21)26-5-4-25/h1-3,6-9,11-12,18H,4-5,10,13,25H2,(H,26,27)(H,31,32). The molecule has 2 aromatic heterocycles. The van der Waals surface area contributed by atoms with E-state index in [1.165, 1.54) is 12.2 Å². The Hall–Kier alpha value is -3.12. The van der Waals surface area contributed by atoms with E-state index < -0.39 is 27.8 Å². The van der Waals surface area contributed by atoms with Crippen molar-refractivity contribution in [2.24, 2.45) is 5.73 Å². The molecule has 0 spiro atoms. The van der Waals surface area contributed by atoms with Crippen molar-refractivity contribution < 1.29 is 18.3 Å². The number of sulfonamides is 1. The first-order valence-corrected chi connectivity index (χ1v) is 12.8. The first-order chi connectivity index (χ1) is 16.7. The van der Waals surface area contributed by atoms with Crippen molar-refractivity contribution in [1.82, 2.24) is 14.5 Å². The predicted molar refractivity (Wildman–Crippen MR) is 137 cm³/mol. The van der Waals surface area contributed by atoms with Gasteiger partial charge in [0, 0.05) is 41.2 Å². The number of allylic oxidation sites excluding steroid dienone is 3. The third-order valence-corrected chi connectivity index (χ3v) is 7.82. The summed E-state index contributed by atoms with van der Waals surface area (Å²) < 4.78 is 29.5.